The first-order valence-electron chi connectivity index (χ1n) is 5.87. The van der Waals surface area contributed by atoms with Crippen molar-refractivity contribution in [2.45, 2.75) is 12.8 Å². The summed E-state index contributed by atoms with van der Waals surface area (Å²) in [5.41, 5.74) is 0.711. The van der Waals surface area contributed by atoms with Crippen LogP contribution in [0.3, 0.4) is 0 Å². The topological polar surface area (TPSA) is 95.5 Å². The van der Waals surface area contributed by atoms with Crippen LogP contribution in [-0.2, 0) is 16.0 Å². The van der Waals surface area contributed by atoms with Crippen molar-refractivity contribution in [1.82, 2.24) is 4.98 Å². The molecule has 0 saturated carbocycles. The second-order valence-electron chi connectivity index (χ2n) is 3.98. The molecule has 0 spiro atoms. The highest BCUT2D eigenvalue weighted by Gasteiger charge is 2.17. The largest absolute Gasteiger partial charge is 0.469 e. The third kappa shape index (κ3) is 3.00. The van der Waals surface area contributed by atoms with E-state index < -0.39 is 4.92 Å². The number of hydrogen-bond donors (Lipinski definition) is 0. The van der Waals surface area contributed by atoms with Crippen molar-refractivity contribution in [2.24, 2.45) is 0 Å². The zero-order valence-corrected chi connectivity index (χ0v) is 10.7. The van der Waals surface area contributed by atoms with Gasteiger partial charge in [-0.2, -0.15) is 0 Å². The molecule has 0 aliphatic rings. The van der Waals surface area contributed by atoms with Crippen molar-refractivity contribution in [1.29, 1.82) is 0 Å². The number of methoxy groups -OCH3 is 1. The number of oxazole rings is 1. The number of carbonyl (C=O) groups is 1. The third-order valence-electron chi connectivity index (χ3n) is 2.70. The van der Waals surface area contributed by atoms with Gasteiger partial charge in [0.15, 0.2) is 5.89 Å². The Morgan fingerprint density at radius 2 is 2.20 bits per heavy atom. The molecule has 0 N–H and O–H groups in total. The van der Waals surface area contributed by atoms with E-state index in [0.717, 1.165) is 0 Å². The van der Waals surface area contributed by atoms with Gasteiger partial charge in [0, 0.05) is 12.5 Å². The van der Waals surface area contributed by atoms with E-state index >= 15 is 0 Å². The number of esters is 1. The Hall–Kier alpha value is -2.70. The minimum absolute atomic E-state index is 0.0414. The van der Waals surface area contributed by atoms with Gasteiger partial charge in [0.1, 0.15) is 12.0 Å². The molecular weight excluding hydrogens is 264 g/mol. The Morgan fingerprint density at radius 1 is 1.45 bits per heavy atom. The van der Waals surface area contributed by atoms with Crippen LogP contribution in [0, 0.1) is 10.1 Å². The lowest BCUT2D eigenvalue weighted by Crippen LogP contribution is -2.02. The Bertz CT molecular complexity index is 635. The maximum atomic E-state index is 11.0. The minimum atomic E-state index is -0.474. The molecule has 2 rings (SSSR count). The lowest BCUT2D eigenvalue weighted by Gasteiger charge is -1.97. The first-order valence-corrected chi connectivity index (χ1v) is 5.87. The Labute approximate surface area is 114 Å². The van der Waals surface area contributed by atoms with Crippen molar-refractivity contribution in [3.8, 4) is 11.3 Å². The summed E-state index contributed by atoms with van der Waals surface area (Å²) < 4.78 is 9.72. The lowest BCUT2D eigenvalue weighted by molar-refractivity contribution is -0.384. The highest BCUT2D eigenvalue weighted by molar-refractivity contribution is 5.70. The molecule has 0 atom stereocenters. The average molecular weight is 276 g/mol. The number of nitro groups is 1. The van der Waals surface area contributed by atoms with Crippen molar-refractivity contribution < 1.29 is 18.9 Å². The van der Waals surface area contributed by atoms with E-state index in [4.69, 9.17) is 4.42 Å². The number of rotatable bonds is 5. The molecule has 20 heavy (non-hydrogen) atoms. The van der Waals surface area contributed by atoms with Crippen LogP contribution in [0.2, 0.25) is 0 Å². The number of para-hydroxylation sites is 1. The number of benzene rings is 1. The van der Waals surface area contributed by atoms with Crippen molar-refractivity contribution >= 4 is 11.7 Å². The van der Waals surface area contributed by atoms with E-state index in [-0.39, 0.29) is 24.5 Å². The van der Waals surface area contributed by atoms with E-state index in [1.54, 1.807) is 18.2 Å². The molecule has 1 heterocycles. The van der Waals surface area contributed by atoms with Gasteiger partial charge in [-0.25, -0.2) is 4.98 Å². The van der Waals surface area contributed by atoms with Gasteiger partial charge in [0.05, 0.1) is 24.0 Å². The number of hydrogen-bond acceptors (Lipinski definition) is 6. The molecule has 1 aromatic carbocycles. The van der Waals surface area contributed by atoms with E-state index in [1.807, 2.05) is 0 Å². The summed E-state index contributed by atoms with van der Waals surface area (Å²) in [7, 11) is 1.30. The summed E-state index contributed by atoms with van der Waals surface area (Å²) in [6, 6.07) is 6.27. The van der Waals surface area contributed by atoms with Gasteiger partial charge >= 0.3 is 5.97 Å². The smallest absolute Gasteiger partial charge is 0.306 e. The fraction of sp³-hybridized carbons (Fsp3) is 0.231. The van der Waals surface area contributed by atoms with E-state index in [9.17, 15) is 14.9 Å². The van der Waals surface area contributed by atoms with Crippen LogP contribution < -0.4 is 0 Å². The zero-order valence-electron chi connectivity index (χ0n) is 10.7. The monoisotopic (exact) mass is 276 g/mol. The molecule has 0 saturated heterocycles. The molecule has 0 radical (unpaired) electrons. The van der Waals surface area contributed by atoms with E-state index in [0.29, 0.717) is 17.1 Å². The van der Waals surface area contributed by atoms with Crippen molar-refractivity contribution in [2.75, 3.05) is 7.11 Å². The summed E-state index contributed by atoms with van der Waals surface area (Å²) >= 11 is 0. The molecule has 7 heteroatoms. The molecule has 7 nitrogen and oxygen atoms in total. The van der Waals surface area contributed by atoms with Gasteiger partial charge in [-0.3, -0.25) is 14.9 Å². The molecule has 1 aromatic heterocycles. The number of nitrogens with zero attached hydrogens (tertiary/aromatic N) is 2. The molecule has 104 valence electrons. The fourth-order valence-corrected chi connectivity index (χ4v) is 1.71. The number of ether oxygens (including phenoxy) is 1. The maximum Gasteiger partial charge on any atom is 0.306 e. The van der Waals surface area contributed by atoms with Gasteiger partial charge in [-0.1, -0.05) is 12.1 Å². The van der Waals surface area contributed by atoms with Crippen LogP contribution in [0.1, 0.15) is 12.3 Å². The van der Waals surface area contributed by atoms with Gasteiger partial charge in [0.2, 0.25) is 0 Å². The maximum absolute atomic E-state index is 11.0. The summed E-state index contributed by atoms with van der Waals surface area (Å²) in [6.07, 6.45) is 1.77. The molecule has 0 amide bonds. The highest BCUT2D eigenvalue weighted by Crippen LogP contribution is 2.28. The van der Waals surface area contributed by atoms with Gasteiger partial charge in [-0.05, 0) is 6.07 Å². The van der Waals surface area contributed by atoms with Crippen LogP contribution in [0.25, 0.3) is 11.3 Å². The lowest BCUT2D eigenvalue weighted by atomic mass is 10.1. The fourth-order valence-electron chi connectivity index (χ4n) is 1.71. The summed E-state index contributed by atoms with van der Waals surface area (Å²) in [5.74, 6) is -0.0287. The first kappa shape index (κ1) is 13.7. The highest BCUT2D eigenvalue weighted by atomic mass is 16.6. The second-order valence-corrected chi connectivity index (χ2v) is 3.98. The standard InChI is InChI=1S/C13H12N2O5/c1-19-13(16)7-6-12-14-10(8-20-12)9-4-2-3-5-11(9)15(17)18/h2-5,8H,6-7H2,1H3. The molecular formula is C13H12N2O5. The molecule has 0 aliphatic carbocycles. The summed E-state index contributed by atoms with van der Waals surface area (Å²) in [5, 5.41) is 10.9. The van der Waals surface area contributed by atoms with Crippen LogP contribution in [0.5, 0.6) is 0 Å². The molecule has 2 aromatic rings. The second kappa shape index (κ2) is 5.96. The van der Waals surface area contributed by atoms with Crippen LogP contribution >= 0.6 is 0 Å². The summed E-state index contributed by atoms with van der Waals surface area (Å²) in [4.78, 5) is 25.6. The van der Waals surface area contributed by atoms with Crippen LogP contribution in [-0.4, -0.2) is 23.0 Å². The average Bonchev–Trinajstić information content (AvgIpc) is 2.93. The Kier molecular flexibility index (Phi) is 4.09. The quantitative estimate of drug-likeness (QED) is 0.472. The van der Waals surface area contributed by atoms with Crippen LogP contribution in [0.4, 0.5) is 5.69 Å². The first-order chi connectivity index (χ1) is 9.61. The SMILES string of the molecule is COC(=O)CCc1nc(-c2ccccc2[N+](=O)[O-])co1. The molecule has 0 aliphatic heterocycles. The van der Waals surface area contributed by atoms with E-state index in [1.165, 1.54) is 19.4 Å². The predicted molar refractivity (Wildman–Crippen MR) is 68.9 cm³/mol. The normalized spacial score (nSPS) is 10.2. The van der Waals surface area contributed by atoms with Crippen molar-refractivity contribution in [3.05, 3.63) is 46.5 Å². The number of aryl methyl sites for hydroxylation is 1. The Morgan fingerprint density at radius 3 is 2.90 bits per heavy atom. The molecule has 0 fully saturated rings. The number of aromatic nitrogens is 1. The minimum Gasteiger partial charge on any atom is -0.469 e. The van der Waals surface area contributed by atoms with Crippen LogP contribution in [0.15, 0.2) is 34.9 Å². The third-order valence-corrected chi connectivity index (χ3v) is 2.70. The van der Waals surface area contributed by atoms with E-state index in [2.05, 4.69) is 9.72 Å². The van der Waals surface area contributed by atoms with Crippen molar-refractivity contribution in [3.63, 3.8) is 0 Å². The Balaban J connectivity index is 2.21. The van der Waals surface area contributed by atoms with Gasteiger partial charge in [0.25, 0.3) is 5.69 Å². The predicted octanol–water partition coefficient (Wildman–Crippen LogP) is 2.36. The number of carbonyl (C=O) groups excluding carboxylic acids is 1. The molecule has 0 unspecified atom stereocenters. The van der Waals surface area contributed by atoms with Gasteiger partial charge in [-0.15, -0.1) is 0 Å². The summed E-state index contributed by atoms with van der Waals surface area (Å²) in [6.45, 7) is 0. The van der Waals surface area contributed by atoms with Gasteiger partial charge < -0.3 is 9.15 Å². The number of nitro benzene ring substituents is 1. The molecule has 0 bridgehead atoms. The zero-order chi connectivity index (χ0) is 14.5.